The Morgan fingerprint density at radius 2 is 1.65 bits per heavy atom. The molecule has 0 spiro atoms. The van der Waals surface area contributed by atoms with E-state index in [4.69, 9.17) is 4.74 Å². The van der Waals surface area contributed by atoms with Crippen molar-refractivity contribution in [3.8, 4) is 6.01 Å². The first kappa shape index (κ1) is 17.7. The lowest BCUT2D eigenvalue weighted by Gasteiger charge is -2.14. The summed E-state index contributed by atoms with van der Waals surface area (Å²) in [6.07, 6.45) is -4.10. The van der Waals surface area contributed by atoms with Crippen LogP contribution in [-0.2, 0) is 12.8 Å². The number of hydrogen-bond acceptors (Lipinski definition) is 4. The molecule has 1 aromatic heterocycles. The lowest BCUT2D eigenvalue weighted by Crippen LogP contribution is -2.13. The van der Waals surface area contributed by atoms with E-state index in [2.05, 4.69) is 15.3 Å². The van der Waals surface area contributed by atoms with Gasteiger partial charge in [-0.1, -0.05) is 42.5 Å². The van der Waals surface area contributed by atoms with Crippen LogP contribution in [0.5, 0.6) is 6.01 Å². The summed E-state index contributed by atoms with van der Waals surface area (Å²) in [6.45, 7) is 0.0886. The molecule has 0 atom stereocenters. The molecule has 1 heterocycles. The fourth-order valence-corrected chi connectivity index (χ4v) is 2.15. The second kappa shape index (κ2) is 7.38. The standard InChI is InChI=1S/C18H13F4N3O/c19-14-8-4-5-9-15(14)24-16-13(18(20,21)22)10-23-17(25-16)26-11-12-6-2-1-3-7-12/h1-10H,11H2,(H,23,24,25). The van der Waals surface area contributed by atoms with E-state index in [0.29, 0.717) is 6.20 Å². The summed E-state index contributed by atoms with van der Waals surface area (Å²) in [7, 11) is 0. The second-order valence-electron chi connectivity index (χ2n) is 5.29. The van der Waals surface area contributed by atoms with Gasteiger partial charge in [-0.05, 0) is 17.7 Å². The molecular weight excluding hydrogens is 350 g/mol. The van der Waals surface area contributed by atoms with Gasteiger partial charge in [-0.25, -0.2) is 9.37 Å². The van der Waals surface area contributed by atoms with Crippen LogP contribution in [0.2, 0.25) is 0 Å². The molecule has 0 saturated heterocycles. The molecule has 4 nitrogen and oxygen atoms in total. The molecule has 26 heavy (non-hydrogen) atoms. The van der Waals surface area contributed by atoms with Crippen LogP contribution >= 0.6 is 0 Å². The lowest BCUT2D eigenvalue weighted by atomic mass is 10.2. The van der Waals surface area contributed by atoms with Crippen LogP contribution in [0, 0.1) is 5.82 Å². The van der Waals surface area contributed by atoms with Crippen LogP contribution in [0.15, 0.2) is 60.8 Å². The zero-order valence-corrected chi connectivity index (χ0v) is 13.3. The Balaban J connectivity index is 1.88. The van der Waals surface area contributed by atoms with Crippen molar-refractivity contribution >= 4 is 11.5 Å². The van der Waals surface area contributed by atoms with Gasteiger partial charge in [0.05, 0.1) is 5.69 Å². The molecule has 0 aliphatic rings. The fraction of sp³-hybridized carbons (Fsp3) is 0.111. The first-order valence-corrected chi connectivity index (χ1v) is 7.56. The highest BCUT2D eigenvalue weighted by Crippen LogP contribution is 2.35. The van der Waals surface area contributed by atoms with E-state index in [1.807, 2.05) is 6.07 Å². The summed E-state index contributed by atoms with van der Waals surface area (Å²) in [5.74, 6) is -1.29. The normalized spacial score (nSPS) is 11.2. The molecule has 0 aliphatic heterocycles. The molecule has 3 rings (SSSR count). The third-order valence-electron chi connectivity index (χ3n) is 3.41. The number of alkyl halides is 3. The van der Waals surface area contributed by atoms with E-state index in [-0.39, 0.29) is 18.3 Å². The number of nitrogens with one attached hydrogen (secondary N) is 1. The molecule has 8 heteroatoms. The molecule has 134 valence electrons. The van der Waals surface area contributed by atoms with E-state index >= 15 is 0 Å². The summed E-state index contributed by atoms with van der Waals surface area (Å²) in [4.78, 5) is 7.36. The molecule has 3 aromatic rings. The van der Waals surface area contributed by atoms with Gasteiger partial charge in [-0.2, -0.15) is 18.2 Å². The maximum atomic E-state index is 13.8. The average Bonchev–Trinajstić information content (AvgIpc) is 2.62. The highest BCUT2D eigenvalue weighted by Gasteiger charge is 2.35. The maximum Gasteiger partial charge on any atom is 0.421 e. The largest absolute Gasteiger partial charge is 0.459 e. The van der Waals surface area contributed by atoms with Crippen LogP contribution in [-0.4, -0.2) is 9.97 Å². The number of nitrogens with zero attached hydrogens (tertiary/aromatic N) is 2. The van der Waals surface area contributed by atoms with Gasteiger partial charge in [-0.15, -0.1) is 0 Å². The molecule has 2 aromatic carbocycles. The fourth-order valence-electron chi connectivity index (χ4n) is 2.15. The Bertz CT molecular complexity index is 885. The molecule has 0 amide bonds. The van der Waals surface area contributed by atoms with E-state index in [0.717, 1.165) is 11.6 Å². The van der Waals surface area contributed by atoms with Crippen molar-refractivity contribution in [2.75, 3.05) is 5.32 Å². The first-order chi connectivity index (χ1) is 12.4. The number of rotatable bonds is 5. The summed E-state index contributed by atoms with van der Waals surface area (Å²) < 4.78 is 58.6. The zero-order chi connectivity index (χ0) is 18.6. The van der Waals surface area contributed by atoms with Crippen LogP contribution in [0.1, 0.15) is 11.1 Å². The Morgan fingerprint density at radius 1 is 0.962 bits per heavy atom. The Kier molecular flexibility index (Phi) is 5.01. The molecule has 0 unspecified atom stereocenters. The van der Waals surface area contributed by atoms with E-state index in [1.54, 1.807) is 24.3 Å². The first-order valence-electron chi connectivity index (χ1n) is 7.56. The molecule has 0 aliphatic carbocycles. The monoisotopic (exact) mass is 363 g/mol. The third kappa shape index (κ3) is 4.27. The van der Waals surface area contributed by atoms with Crippen molar-refractivity contribution in [1.82, 2.24) is 9.97 Å². The summed E-state index contributed by atoms with van der Waals surface area (Å²) in [5.41, 5.74) is -0.446. The Labute approximate surface area is 146 Å². The SMILES string of the molecule is Fc1ccccc1Nc1nc(OCc2ccccc2)ncc1C(F)(F)F. The third-order valence-corrected chi connectivity index (χ3v) is 3.41. The van der Waals surface area contributed by atoms with Crippen LogP contribution in [0.4, 0.5) is 29.1 Å². The van der Waals surface area contributed by atoms with Crippen molar-refractivity contribution in [3.63, 3.8) is 0 Å². The number of halogens is 4. The van der Waals surface area contributed by atoms with Crippen molar-refractivity contribution in [1.29, 1.82) is 0 Å². The molecule has 1 N–H and O–H groups in total. The van der Waals surface area contributed by atoms with Crippen LogP contribution in [0.3, 0.4) is 0 Å². The highest BCUT2D eigenvalue weighted by molar-refractivity contribution is 5.60. The number of para-hydroxylation sites is 1. The van der Waals surface area contributed by atoms with Gasteiger partial charge in [0.1, 0.15) is 23.8 Å². The summed E-state index contributed by atoms with van der Waals surface area (Å²) in [5, 5.41) is 2.36. The Hall–Kier alpha value is -3.16. The molecule has 0 saturated carbocycles. The van der Waals surface area contributed by atoms with Gasteiger partial charge in [-0.3, -0.25) is 0 Å². The van der Waals surface area contributed by atoms with E-state index in [1.165, 1.54) is 18.2 Å². The van der Waals surface area contributed by atoms with Gasteiger partial charge in [0, 0.05) is 6.20 Å². The molecule has 0 radical (unpaired) electrons. The van der Waals surface area contributed by atoms with Crippen molar-refractivity contribution < 1.29 is 22.3 Å². The predicted molar refractivity (Wildman–Crippen MR) is 87.5 cm³/mol. The van der Waals surface area contributed by atoms with Crippen molar-refractivity contribution in [2.45, 2.75) is 12.8 Å². The molecule has 0 fully saturated rings. The number of benzene rings is 2. The maximum absolute atomic E-state index is 13.8. The topological polar surface area (TPSA) is 47.0 Å². The second-order valence-corrected chi connectivity index (χ2v) is 5.29. The van der Waals surface area contributed by atoms with Gasteiger partial charge < -0.3 is 10.1 Å². The van der Waals surface area contributed by atoms with Gasteiger partial charge in [0.2, 0.25) is 0 Å². The minimum atomic E-state index is -4.70. The number of hydrogen-bond donors (Lipinski definition) is 1. The average molecular weight is 363 g/mol. The Morgan fingerprint density at radius 3 is 2.35 bits per heavy atom. The van der Waals surface area contributed by atoms with Gasteiger partial charge in [0.15, 0.2) is 0 Å². The van der Waals surface area contributed by atoms with Crippen molar-refractivity contribution in [2.24, 2.45) is 0 Å². The van der Waals surface area contributed by atoms with E-state index < -0.39 is 23.4 Å². The molecule has 0 bridgehead atoms. The molecular formula is C18H13F4N3O. The summed E-state index contributed by atoms with van der Waals surface area (Å²) in [6, 6.07) is 14.1. The smallest absolute Gasteiger partial charge is 0.421 e. The van der Waals surface area contributed by atoms with Gasteiger partial charge in [0.25, 0.3) is 0 Å². The van der Waals surface area contributed by atoms with Crippen LogP contribution in [0.25, 0.3) is 0 Å². The van der Waals surface area contributed by atoms with Gasteiger partial charge >= 0.3 is 12.2 Å². The zero-order valence-electron chi connectivity index (χ0n) is 13.3. The van der Waals surface area contributed by atoms with Crippen molar-refractivity contribution in [3.05, 3.63) is 77.7 Å². The van der Waals surface area contributed by atoms with Crippen LogP contribution < -0.4 is 10.1 Å². The minimum absolute atomic E-state index is 0.0886. The lowest BCUT2D eigenvalue weighted by molar-refractivity contribution is -0.137. The number of anilines is 2. The predicted octanol–water partition coefficient (Wildman–Crippen LogP) is 4.96. The van der Waals surface area contributed by atoms with E-state index in [9.17, 15) is 17.6 Å². The quantitative estimate of drug-likeness (QED) is 0.651. The summed E-state index contributed by atoms with van der Waals surface area (Å²) >= 11 is 0. The number of ether oxygens (including phenoxy) is 1. The highest BCUT2D eigenvalue weighted by atomic mass is 19.4. The minimum Gasteiger partial charge on any atom is -0.459 e. The number of aromatic nitrogens is 2.